The van der Waals surface area contributed by atoms with Crippen LogP contribution >= 0.6 is 7.82 Å². The molecule has 0 radical (unpaired) electrons. The average Bonchev–Trinajstić information content (AvgIpc) is 3.04. The van der Waals surface area contributed by atoms with Gasteiger partial charge in [0.1, 0.15) is 12.7 Å². The second-order valence-electron chi connectivity index (χ2n) is 12.3. The fourth-order valence-electron chi connectivity index (χ4n) is 4.81. The number of phosphoric ester groups is 1. The highest BCUT2D eigenvalue weighted by molar-refractivity contribution is 7.47. The molecule has 0 aromatic heterocycles. The van der Waals surface area contributed by atoms with E-state index in [-0.39, 0.29) is 19.4 Å². The van der Waals surface area contributed by atoms with Crippen LogP contribution in [0.15, 0.2) is 12.2 Å². The first-order chi connectivity index (χ1) is 22.2. The van der Waals surface area contributed by atoms with Crippen molar-refractivity contribution >= 4 is 19.8 Å². The smallest absolute Gasteiger partial charge is 0.462 e. The van der Waals surface area contributed by atoms with E-state index in [9.17, 15) is 24.2 Å². The molecule has 46 heavy (non-hydrogen) atoms. The van der Waals surface area contributed by atoms with Gasteiger partial charge in [-0.1, -0.05) is 122 Å². The van der Waals surface area contributed by atoms with Crippen molar-refractivity contribution < 1.29 is 47.8 Å². The number of allylic oxidation sites excluding steroid dienone is 2. The summed E-state index contributed by atoms with van der Waals surface area (Å²) in [4.78, 5) is 34.7. The Labute approximate surface area is 279 Å². The maximum Gasteiger partial charge on any atom is 0.472 e. The molecular formula is C35H67O10P. The van der Waals surface area contributed by atoms with Gasteiger partial charge in [-0.05, 0) is 38.5 Å². The van der Waals surface area contributed by atoms with Crippen LogP contribution in [-0.2, 0) is 32.7 Å². The summed E-state index contributed by atoms with van der Waals surface area (Å²) in [5.41, 5.74) is 0. The summed E-state index contributed by atoms with van der Waals surface area (Å²) in [6.45, 7) is 2.32. The summed E-state index contributed by atoms with van der Waals surface area (Å²) in [5, 5.41) is 18.2. The number of hydrogen-bond donors (Lipinski definition) is 3. The van der Waals surface area contributed by atoms with Crippen molar-refractivity contribution in [3.8, 4) is 0 Å². The largest absolute Gasteiger partial charge is 0.472 e. The van der Waals surface area contributed by atoms with Crippen molar-refractivity contribution in [2.24, 2.45) is 0 Å². The van der Waals surface area contributed by atoms with Crippen LogP contribution in [0.5, 0.6) is 0 Å². The third kappa shape index (κ3) is 31.3. The molecule has 10 nitrogen and oxygen atoms in total. The highest BCUT2D eigenvalue weighted by Gasteiger charge is 2.27. The van der Waals surface area contributed by atoms with Gasteiger partial charge in [-0.3, -0.25) is 18.6 Å². The summed E-state index contributed by atoms with van der Waals surface area (Å²) in [7, 11) is -4.60. The van der Waals surface area contributed by atoms with Gasteiger partial charge >= 0.3 is 19.8 Å². The third-order valence-electron chi connectivity index (χ3n) is 7.67. The number of phosphoric acid groups is 1. The lowest BCUT2D eigenvalue weighted by Crippen LogP contribution is -2.29. The van der Waals surface area contributed by atoms with Crippen LogP contribution < -0.4 is 0 Å². The van der Waals surface area contributed by atoms with E-state index < -0.39 is 51.8 Å². The van der Waals surface area contributed by atoms with Crippen LogP contribution in [-0.4, -0.2) is 65.7 Å². The minimum atomic E-state index is -4.60. The van der Waals surface area contributed by atoms with Crippen molar-refractivity contribution in [1.29, 1.82) is 0 Å². The Balaban J connectivity index is 4.37. The Hall–Kier alpha value is -1.29. The number of carbonyl (C=O) groups excluding carboxylic acids is 2. The van der Waals surface area contributed by atoms with E-state index in [1.54, 1.807) is 0 Å². The van der Waals surface area contributed by atoms with Crippen LogP contribution in [0.1, 0.15) is 162 Å². The molecule has 0 saturated carbocycles. The number of carbonyl (C=O) groups is 2. The zero-order chi connectivity index (χ0) is 34.1. The van der Waals surface area contributed by atoms with E-state index in [1.807, 2.05) is 0 Å². The molecule has 0 aromatic carbocycles. The van der Waals surface area contributed by atoms with Crippen molar-refractivity contribution in [1.82, 2.24) is 0 Å². The second kappa shape index (κ2) is 32.3. The fraction of sp³-hybridized carbons (Fsp3) is 0.886. The molecule has 3 N–H and O–H groups in total. The third-order valence-corrected chi connectivity index (χ3v) is 8.62. The summed E-state index contributed by atoms with van der Waals surface area (Å²) < 4.78 is 32.5. The zero-order valence-corrected chi connectivity index (χ0v) is 29.9. The first kappa shape index (κ1) is 44.7. The summed E-state index contributed by atoms with van der Waals surface area (Å²) in [5.74, 6) is -0.935. The molecule has 0 saturated heterocycles. The molecule has 0 aliphatic heterocycles. The zero-order valence-electron chi connectivity index (χ0n) is 29.0. The van der Waals surface area contributed by atoms with Crippen molar-refractivity contribution in [2.75, 3.05) is 26.4 Å². The molecule has 272 valence electrons. The normalized spacial score (nSPS) is 14.3. The Morgan fingerprint density at radius 3 is 1.57 bits per heavy atom. The minimum absolute atomic E-state index is 0.186. The number of unbranched alkanes of at least 4 members (excludes halogenated alkanes) is 18. The maximum absolute atomic E-state index is 12.5. The number of ether oxygens (including phenoxy) is 2. The van der Waals surface area contributed by atoms with Crippen LogP contribution in [0, 0.1) is 0 Å². The van der Waals surface area contributed by atoms with Crippen molar-refractivity contribution in [2.45, 2.75) is 174 Å². The van der Waals surface area contributed by atoms with E-state index in [1.165, 1.54) is 70.6 Å². The number of aliphatic hydroxyl groups is 2. The van der Waals surface area contributed by atoms with Crippen LogP contribution in [0.4, 0.5) is 0 Å². The monoisotopic (exact) mass is 678 g/mol. The van der Waals surface area contributed by atoms with Crippen LogP contribution in [0.25, 0.3) is 0 Å². The van der Waals surface area contributed by atoms with E-state index in [4.69, 9.17) is 19.1 Å². The van der Waals surface area contributed by atoms with Gasteiger partial charge in [-0.15, -0.1) is 0 Å². The number of rotatable bonds is 34. The first-order valence-electron chi connectivity index (χ1n) is 18.1. The van der Waals surface area contributed by atoms with Gasteiger partial charge in [-0.2, -0.15) is 0 Å². The maximum atomic E-state index is 12.5. The van der Waals surface area contributed by atoms with Gasteiger partial charge in [-0.25, -0.2) is 4.57 Å². The first-order valence-corrected chi connectivity index (χ1v) is 19.6. The lowest BCUT2D eigenvalue weighted by Gasteiger charge is -2.20. The van der Waals surface area contributed by atoms with Gasteiger partial charge < -0.3 is 24.6 Å². The summed E-state index contributed by atoms with van der Waals surface area (Å²) >= 11 is 0. The quantitative estimate of drug-likeness (QED) is 0.0262. The van der Waals surface area contributed by atoms with E-state index >= 15 is 0 Å². The predicted octanol–water partition coefficient (Wildman–Crippen LogP) is 8.50. The molecule has 0 amide bonds. The van der Waals surface area contributed by atoms with Crippen molar-refractivity contribution in [3.63, 3.8) is 0 Å². The highest BCUT2D eigenvalue weighted by Crippen LogP contribution is 2.43. The molecule has 11 heteroatoms. The molecule has 3 atom stereocenters. The van der Waals surface area contributed by atoms with E-state index in [0.717, 1.165) is 51.4 Å². The molecule has 0 spiro atoms. The molecule has 0 heterocycles. The van der Waals surface area contributed by atoms with Gasteiger partial charge in [0.25, 0.3) is 0 Å². The topological polar surface area (TPSA) is 149 Å². The van der Waals surface area contributed by atoms with E-state index in [0.29, 0.717) is 12.8 Å². The Morgan fingerprint density at radius 2 is 1.07 bits per heavy atom. The fourth-order valence-corrected chi connectivity index (χ4v) is 5.60. The van der Waals surface area contributed by atoms with Gasteiger partial charge in [0.15, 0.2) is 6.10 Å². The molecule has 0 fully saturated rings. The van der Waals surface area contributed by atoms with Gasteiger partial charge in [0.2, 0.25) is 0 Å². The highest BCUT2D eigenvalue weighted by atomic mass is 31.2. The summed E-state index contributed by atoms with van der Waals surface area (Å²) in [6.07, 6.45) is 26.2. The molecule has 0 rings (SSSR count). The molecule has 0 aromatic rings. The Bertz CT molecular complexity index is 791. The number of esters is 2. The number of aliphatic hydroxyl groups excluding tert-OH is 2. The molecule has 0 bridgehead atoms. The SMILES string of the molecule is CCCCCCC/C=C\CCCCCCCC(=O)OC[C@H](COP(=O)(O)OC[C@@H](O)CO)OC(=O)CCCCCCCCCCC. The van der Waals surface area contributed by atoms with Crippen molar-refractivity contribution in [3.05, 3.63) is 12.2 Å². The Kier molecular flexibility index (Phi) is 31.4. The lowest BCUT2D eigenvalue weighted by atomic mass is 10.1. The lowest BCUT2D eigenvalue weighted by molar-refractivity contribution is -0.161. The minimum Gasteiger partial charge on any atom is -0.462 e. The molecule has 1 unspecified atom stereocenters. The summed E-state index contributed by atoms with van der Waals surface area (Å²) in [6, 6.07) is 0. The standard InChI is InChI=1S/C35H67O10P/c1-3-5-7-9-11-13-14-15-16-17-19-20-22-24-26-34(38)42-30-33(31-44-46(40,41)43-29-32(37)28-36)45-35(39)27-25-23-21-18-12-10-8-6-4-2/h14-15,32-33,36-37H,3-13,16-31H2,1-2H3,(H,40,41)/b15-14-/t32-,33+/m0/s1. The second-order valence-corrected chi connectivity index (χ2v) is 13.7. The molecule has 0 aliphatic carbocycles. The number of hydrogen-bond acceptors (Lipinski definition) is 9. The van der Waals surface area contributed by atoms with Gasteiger partial charge in [0, 0.05) is 12.8 Å². The van der Waals surface area contributed by atoms with Gasteiger partial charge in [0.05, 0.1) is 19.8 Å². The van der Waals surface area contributed by atoms with E-state index in [2.05, 4.69) is 30.5 Å². The molecular weight excluding hydrogens is 611 g/mol. The predicted molar refractivity (Wildman–Crippen MR) is 182 cm³/mol. The molecule has 0 aliphatic rings. The van der Waals surface area contributed by atoms with Crippen LogP contribution in [0.2, 0.25) is 0 Å². The Morgan fingerprint density at radius 1 is 0.630 bits per heavy atom. The van der Waals surface area contributed by atoms with Crippen LogP contribution in [0.3, 0.4) is 0 Å². The average molecular weight is 679 g/mol.